The van der Waals surface area contributed by atoms with Gasteiger partial charge in [0.15, 0.2) is 6.10 Å². The number of methoxy groups -OCH3 is 1. The van der Waals surface area contributed by atoms with E-state index in [0.717, 1.165) is 12.7 Å². The number of alkyl halides is 4. The monoisotopic (exact) mass is 414 g/mol. The Balaban J connectivity index is 1.73. The van der Waals surface area contributed by atoms with Gasteiger partial charge in [0.25, 0.3) is 0 Å². The van der Waals surface area contributed by atoms with Gasteiger partial charge in [0.1, 0.15) is 6.10 Å². The van der Waals surface area contributed by atoms with E-state index in [1.54, 1.807) is 54.6 Å². The largest absolute Gasteiger partial charge is 0.374 e. The van der Waals surface area contributed by atoms with E-state index in [1.165, 1.54) is 0 Å². The van der Waals surface area contributed by atoms with E-state index in [1.807, 2.05) is 6.07 Å². The third-order valence-corrected chi connectivity index (χ3v) is 4.61. The summed E-state index contributed by atoms with van der Waals surface area (Å²) in [6, 6.07) is 17.5. The first-order valence-corrected chi connectivity index (χ1v) is 9.07. The van der Waals surface area contributed by atoms with Crippen LogP contribution in [0.1, 0.15) is 11.1 Å². The van der Waals surface area contributed by atoms with Crippen molar-refractivity contribution in [1.29, 1.82) is 0 Å². The number of rotatable bonds is 8. The maximum absolute atomic E-state index is 14.7. The summed E-state index contributed by atoms with van der Waals surface area (Å²) in [5.74, 6) is -9.07. The van der Waals surface area contributed by atoms with Gasteiger partial charge in [-0.05, 0) is 11.1 Å². The minimum Gasteiger partial charge on any atom is -0.374 e. The van der Waals surface area contributed by atoms with Crippen LogP contribution in [0.5, 0.6) is 0 Å². The molecule has 4 nitrogen and oxygen atoms in total. The first kappa shape index (κ1) is 21.7. The molecule has 1 fully saturated rings. The Kier molecular flexibility index (Phi) is 6.89. The highest BCUT2D eigenvalue weighted by molar-refractivity contribution is 5.14. The molecule has 3 rings (SSSR count). The van der Waals surface area contributed by atoms with Crippen molar-refractivity contribution in [3.63, 3.8) is 0 Å². The van der Waals surface area contributed by atoms with Crippen LogP contribution >= 0.6 is 0 Å². The molecular formula is C21H22F4O4. The van der Waals surface area contributed by atoms with Gasteiger partial charge in [0.05, 0.1) is 19.8 Å². The minimum absolute atomic E-state index is 0.117. The van der Waals surface area contributed by atoms with E-state index in [4.69, 9.17) is 14.2 Å². The molecule has 8 heteroatoms. The Morgan fingerprint density at radius 3 is 1.93 bits per heavy atom. The van der Waals surface area contributed by atoms with Crippen molar-refractivity contribution in [2.75, 3.05) is 13.7 Å². The zero-order valence-electron chi connectivity index (χ0n) is 15.8. The van der Waals surface area contributed by atoms with Crippen molar-refractivity contribution in [3.05, 3.63) is 71.8 Å². The van der Waals surface area contributed by atoms with Crippen molar-refractivity contribution >= 4 is 0 Å². The van der Waals surface area contributed by atoms with Gasteiger partial charge in [-0.3, -0.25) is 0 Å². The number of hydrogen-bond donors (Lipinski definition) is 0. The molecule has 1 heterocycles. The van der Waals surface area contributed by atoms with Gasteiger partial charge >= 0.3 is 11.8 Å². The van der Waals surface area contributed by atoms with Gasteiger partial charge in [-0.25, -0.2) is 0 Å². The molecule has 0 bridgehead atoms. The lowest BCUT2D eigenvalue weighted by molar-refractivity contribution is -0.406. The zero-order valence-corrected chi connectivity index (χ0v) is 15.8. The number of halogens is 4. The standard InChI is InChI=1S/C21H22F4O4/c1-26-19-21(24,25)20(22,23)18(28-13-16-10-6-3-7-11-16)17(29-19)14-27-12-15-8-4-2-5-9-15/h2-11,17-19H,12-14H2,1H3/t17-,18+,19-/m1/s1. The quantitative estimate of drug-likeness (QED) is 0.599. The predicted molar refractivity (Wildman–Crippen MR) is 96.7 cm³/mol. The van der Waals surface area contributed by atoms with Gasteiger partial charge in [-0.2, -0.15) is 17.6 Å². The Bertz CT molecular complexity index is 758. The van der Waals surface area contributed by atoms with Crippen LogP contribution in [0.3, 0.4) is 0 Å². The van der Waals surface area contributed by atoms with E-state index in [-0.39, 0.29) is 19.8 Å². The summed E-state index contributed by atoms with van der Waals surface area (Å²) in [5, 5.41) is 0. The molecule has 0 saturated carbocycles. The lowest BCUT2D eigenvalue weighted by Gasteiger charge is -2.45. The lowest BCUT2D eigenvalue weighted by Crippen LogP contribution is -2.67. The minimum atomic E-state index is -4.56. The predicted octanol–water partition coefficient (Wildman–Crippen LogP) is 4.43. The fourth-order valence-corrected chi connectivity index (χ4v) is 3.07. The Morgan fingerprint density at radius 2 is 1.38 bits per heavy atom. The van der Waals surface area contributed by atoms with Gasteiger partial charge in [-0.15, -0.1) is 0 Å². The molecule has 1 aliphatic heterocycles. The molecule has 0 aliphatic carbocycles. The first-order valence-electron chi connectivity index (χ1n) is 9.07. The van der Waals surface area contributed by atoms with E-state index in [0.29, 0.717) is 5.56 Å². The molecule has 2 aromatic carbocycles. The van der Waals surface area contributed by atoms with Crippen LogP contribution in [0, 0.1) is 0 Å². The summed E-state index contributed by atoms with van der Waals surface area (Å²) in [7, 11) is 0.891. The average molecular weight is 414 g/mol. The summed E-state index contributed by atoms with van der Waals surface area (Å²) < 4.78 is 78.2. The van der Waals surface area contributed by atoms with E-state index < -0.39 is 30.3 Å². The van der Waals surface area contributed by atoms with Crippen LogP contribution in [-0.4, -0.2) is 44.1 Å². The van der Waals surface area contributed by atoms with Gasteiger partial charge < -0.3 is 18.9 Å². The SMILES string of the molecule is CO[C@@H]1O[C@H](COCc2ccccc2)[C@H](OCc2ccccc2)C(F)(F)C1(F)F. The van der Waals surface area contributed by atoms with Crippen LogP contribution < -0.4 is 0 Å². The molecule has 0 aromatic heterocycles. The van der Waals surface area contributed by atoms with E-state index in [2.05, 4.69) is 4.74 Å². The molecule has 0 unspecified atom stereocenters. The Morgan fingerprint density at radius 1 is 0.828 bits per heavy atom. The maximum atomic E-state index is 14.7. The molecule has 2 aromatic rings. The van der Waals surface area contributed by atoms with Crippen molar-refractivity contribution in [1.82, 2.24) is 0 Å². The smallest absolute Gasteiger partial charge is 0.362 e. The molecule has 29 heavy (non-hydrogen) atoms. The number of benzene rings is 2. The topological polar surface area (TPSA) is 36.9 Å². The molecule has 3 atom stereocenters. The van der Waals surface area contributed by atoms with Crippen molar-refractivity contribution in [2.45, 2.75) is 43.6 Å². The highest BCUT2D eigenvalue weighted by atomic mass is 19.3. The van der Waals surface area contributed by atoms with Crippen molar-refractivity contribution in [2.24, 2.45) is 0 Å². The van der Waals surface area contributed by atoms with Crippen LogP contribution in [0.2, 0.25) is 0 Å². The number of ether oxygens (including phenoxy) is 4. The molecule has 0 radical (unpaired) electrons. The Labute approximate surface area is 166 Å². The van der Waals surface area contributed by atoms with E-state index >= 15 is 0 Å². The van der Waals surface area contributed by atoms with Crippen molar-refractivity contribution in [3.8, 4) is 0 Å². The third-order valence-electron chi connectivity index (χ3n) is 4.61. The molecule has 158 valence electrons. The second-order valence-electron chi connectivity index (χ2n) is 6.71. The molecule has 0 N–H and O–H groups in total. The summed E-state index contributed by atoms with van der Waals surface area (Å²) in [6.45, 7) is -0.515. The molecule has 1 aliphatic rings. The second-order valence-corrected chi connectivity index (χ2v) is 6.71. The third kappa shape index (κ3) is 4.78. The summed E-state index contributed by atoms with van der Waals surface area (Å²) >= 11 is 0. The van der Waals surface area contributed by atoms with Crippen LogP contribution in [-0.2, 0) is 32.2 Å². The fourth-order valence-electron chi connectivity index (χ4n) is 3.07. The molecule has 0 amide bonds. The fraction of sp³-hybridized carbons (Fsp3) is 0.429. The van der Waals surface area contributed by atoms with Gasteiger partial charge in [0.2, 0.25) is 6.29 Å². The highest BCUT2D eigenvalue weighted by Gasteiger charge is 2.72. The molecular weight excluding hydrogens is 392 g/mol. The number of hydrogen-bond acceptors (Lipinski definition) is 4. The average Bonchev–Trinajstić information content (AvgIpc) is 2.71. The molecule has 0 spiro atoms. The zero-order chi connectivity index (χ0) is 20.9. The van der Waals surface area contributed by atoms with Gasteiger partial charge in [0, 0.05) is 7.11 Å². The lowest BCUT2D eigenvalue weighted by atomic mass is 9.96. The second kappa shape index (κ2) is 9.21. The summed E-state index contributed by atoms with van der Waals surface area (Å²) in [6.07, 6.45) is -6.05. The van der Waals surface area contributed by atoms with Crippen LogP contribution in [0.15, 0.2) is 60.7 Å². The highest BCUT2D eigenvalue weighted by Crippen LogP contribution is 2.47. The van der Waals surface area contributed by atoms with Crippen LogP contribution in [0.25, 0.3) is 0 Å². The van der Waals surface area contributed by atoms with Crippen LogP contribution in [0.4, 0.5) is 17.6 Å². The molecule has 1 saturated heterocycles. The normalized spacial score (nSPS) is 25.6. The van der Waals surface area contributed by atoms with Crippen molar-refractivity contribution < 1.29 is 36.5 Å². The maximum Gasteiger partial charge on any atom is 0.362 e. The first-order chi connectivity index (χ1) is 13.9. The summed E-state index contributed by atoms with van der Waals surface area (Å²) in [4.78, 5) is 0. The van der Waals surface area contributed by atoms with E-state index in [9.17, 15) is 17.6 Å². The van der Waals surface area contributed by atoms with Gasteiger partial charge in [-0.1, -0.05) is 60.7 Å². The summed E-state index contributed by atoms with van der Waals surface area (Å²) in [5.41, 5.74) is 1.38. The Hall–Kier alpha value is -2.00.